The molecule has 2 rings (SSSR count). The number of nitrogens with zero attached hydrogens (tertiary/aromatic N) is 1. The van der Waals surface area contributed by atoms with E-state index in [0.29, 0.717) is 12.1 Å². The van der Waals surface area contributed by atoms with Crippen LogP contribution in [0.25, 0.3) is 0 Å². The van der Waals surface area contributed by atoms with E-state index >= 15 is 0 Å². The summed E-state index contributed by atoms with van der Waals surface area (Å²) >= 11 is 0. The third-order valence-electron chi connectivity index (χ3n) is 4.23. The number of nitrogens with one attached hydrogen (secondary N) is 1. The molecule has 0 saturated carbocycles. The molecular formula is C16H24FN3O. The fourth-order valence-electron chi connectivity index (χ4n) is 2.74. The molecule has 1 heterocycles. The maximum Gasteiger partial charge on any atom is 0.225 e. The zero-order chi connectivity index (χ0) is 15.2. The van der Waals surface area contributed by atoms with Gasteiger partial charge in [0.05, 0.1) is 11.4 Å². The van der Waals surface area contributed by atoms with E-state index in [-0.39, 0.29) is 11.6 Å². The quantitative estimate of drug-likeness (QED) is 0.821. The molecule has 0 aliphatic carbocycles. The van der Waals surface area contributed by atoms with Gasteiger partial charge in [0.2, 0.25) is 5.91 Å². The Hall–Kier alpha value is -1.62. The second kappa shape index (κ2) is 7.41. The Morgan fingerprint density at radius 1 is 1.43 bits per heavy atom. The van der Waals surface area contributed by atoms with Gasteiger partial charge in [0.15, 0.2) is 0 Å². The monoisotopic (exact) mass is 293 g/mol. The van der Waals surface area contributed by atoms with E-state index in [0.717, 1.165) is 25.6 Å². The van der Waals surface area contributed by atoms with Crippen LogP contribution in [-0.4, -0.2) is 30.4 Å². The standard InChI is InChI=1S/C16H24FN3O/c1-2-12-5-8-20(9-6-12)10-7-16(21)19-15-4-3-13(17)11-14(15)18/h3-4,11-12H,2,5-10,18H2,1H3,(H,19,21). The van der Waals surface area contributed by atoms with Crippen LogP contribution in [0.15, 0.2) is 18.2 Å². The number of hydrogen-bond donors (Lipinski definition) is 2. The molecule has 116 valence electrons. The van der Waals surface area contributed by atoms with Crippen LogP contribution in [0, 0.1) is 11.7 Å². The summed E-state index contributed by atoms with van der Waals surface area (Å²) in [5.41, 5.74) is 6.41. The van der Waals surface area contributed by atoms with E-state index in [2.05, 4.69) is 17.1 Å². The number of benzene rings is 1. The lowest BCUT2D eigenvalue weighted by Crippen LogP contribution is -2.35. The number of likely N-dealkylation sites (tertiary alicyclic amines) is 1. The molecule has 0 radical (unpaired) electrons. The van der Waals surface area contributed by atoms with Crippen LogP contribution < -0.4 is 11.1 Å². The van der Waals surface area contributed by atoms with E-state index in [9.17, 15) is 9.18 Å². The number of halogens is 1. The Bertz CT molecular complexity index is 484. The van der Waals surface area contributed by atoms with Crippen LogP contribution in [0.5, 0.6) is 0 Å². The highest BCUT2D eigenvalue weighted by Crippen LogP contribution is 2.21. The summed E-state index contributed by atoms with van der Waals surface area (Å²) in [4.78, 5) is 14.3. The second-order valence-electron chi connectivity index (χ2n) is 5.72. The molecular weight excluding hydrogens is 269 g/mol. The summed E-state index contributed by atoms with van der Waals surface area (Å²) in [5.74, 6) is 0.365. The average molecular weight is 293 g/mol. The minimum atomic E-state index is -0.399. The summed E-state index contributed by atoms with van der Waals surface area (Å²) in [5, 5.41) is 2.74. The fraction of sp³-hybridized carbons (Fsp3) is 0.562. The lowest BCUT2D eigenvalue weighted by Gasteiger charge is -2.31. The third kappa shape index (κ3) is 4.70. The van der Waals surface area contributed by atoms with E-state index < -0.39 is 5.82 Å². The Morgan fingerprint density at radius 3 is 2.76 bits per heavy atom. The van der Waals surface area contributed by atoms with Gasteiger partial charge in [-0.15, -0.1) is 0 Å². The van der Waals surface area contributed by atoms with Crippen molar-refractivity contribution in [2.45, 2.75) is 32.6 Å². The molecule has 1 amide bonds. The first-order valence-electron chi connectivity index (χ1n) is 7.65. The molecule has 1 aromatic carbocycles. The Labute approximate surface area is 125 Å². The summed E-state index contributed by atoms with van der Waals surface area (Å²) in [7, 11) is 0. The number of nitrogen functional groups attached to an aromatic ring is 1. The lowest BCUT2D eigenvalue weighted by molar-refractivity contribution is -0.116. The summed E-state index contributed by atoms with van der Waals surface area (Å²) in [6, 6.07) is 4.00. The number of rotatable bonds is 5. The van der Waals surface area contributed by atoms with Crippen molar-refractivity contribution >= 4 is 17.3 Å². The number of nitrogens with two attached hydrogens (primary N) is 1. The Balaban J connectivity index is 1.75. The number of anilines is 2. The minimum Gasteiger partial charge on any atom is -0.397 e. The van der Waals surface area contributed by atoms with Crippen molar-refractivity contribution in [1.82, 2.24) is 4.90 Å². The molecule has 0 aromatic heterocycles. The number of amides is 1. The van der Waals surface area contributed by atoms with Crippen molar-refractivity contribution in [2.75, 3.05) is 30.7 Å². The maximum absolute atomic E-state index is 12.9. The molecule has 0 atom stereocenters. The maximum atomic E-state index is 12.9. The number of piperidine rings is 1. The topological polar surface area (TPSA) is 58.4 Å². The van der Waals surface area contributed by atoms with Crippen LogP contribution in [0.3, 0.4) is 0 Å². The van der Waals surface area contributed by atoms with Gasteiger partial charge < -0.3 is 16.0 Å². The normalized spacial score (nSPS) is 16.9. The van der Waals surface area contributed by atoms with Crippen LogP contribution in [0.2, 0.25) is 0 Å². The van der Waals surface area contributed by atoms with Crippen molar-refractivity contribution in [3.05, 3.63) is 24.0 Å². The van der Waals surface area contributed by atoms with Crippen molar-refractivity contribution < 1.29 is 9.18 Å². The van der Waals surface area contributed by atoms with E-state index in [1.807, 2.05) is 0 Å². The van der Waals surface area contributed by atoms with Gasteiger partial charge in [0.1, 0.15) is 5.82 Å². The highest BCUT2D eigenvalue weighted by molar-refractivity contribution is 5.93. The van der Waals surface area contributed by atoms with Gasteiger partial charge in [-0.05, 0) is 50.0 Å². The molecule has 1 aromatic rings. The largest absolute Gasteiger partial charge is 0.397 e. The van der Waals surface area contributed by atoms with Gasteiger partial charge in [-0.2, -0.15) is 0 Å². The van der Waals surface area contributed by atoms with Gasteiger partial charge in [-0.25, -0.2) is 4.39 Å². The molecule has 4 nitrogen and oxygen atoms in total. The van der Waals surface area contributed by atoms with Crippen molar-refractivity contribution in [2.24, 2.45) is 5.92 Å². The first-order chi connectivity index (χ1) is 10.1. The number of carbonyl (C=O) groups is 1. The fourth-order valence-corrected chi connectivity index (χ4v) is 2.74. The van der Waals surface area contributed by atoms with Crippen LogP contribution >= 0.6 is 0 Å². The second-order valence-corrected chi connectivity index (χ2v) is 5.72. The van der Waals surface area contributed by atoms with Crippen molar-refractivity contribution in [3.63, 3.8) is 0 Å². The SMILES string of the molecule is CCC1CCN(CCC(=O)Nc2ccc(F)cc2N)CC1. The summed E-state index contributed by atoms with van der Waals surface area (Å²) < 4.78 is 12.9. The van der Waals surface area contributed by atoms with Crippen LogP contribution in [0.4, 0.5) is 15.8 Å². The molecule has 1 saturated heterocycles. The van der Waals surface area contributed by atoms with Gasteiger partial charge in [0.25, 0.3) is 0 Å². The zero-order valence-corrected chi connectivity index (χ0v) is 12.6. The zero-order valence-electron chi connectivity index (χ0n) is 12.6. The van der Waals surface area contributed by atoms with Crippen molar-refractivity contribution in [1.29, 1.82) is 0 Å². The predicted molar refractivity (Wildman–Crippen MR) is 83.5 cm³/mol. The highest BCUT2D eigenvalue weighted by Gasteiger charge is 2.18. The van der Waals surface area contributed by atoms with E-state index in [1.54, 1.807) is 0 Å². The van der Waals surface area contributed by atoms with E-state index in [4.69, 9.17) is 5.73 Å². The van der Waals surface area contributed by atoms with Crippen LogP contribution in [-0.2, 0) is 4.79 Å². The highest BCUT2D eigenvalue weighted by atomic mass is 19.1. The lowest BCUT2D eigenvalue weighted by atomic mass is 9.94. The molecule has 3 N–H and O–H groups in total. The molecule has 0 spiro atoms. The molecule has 0 bridgehead atoms. The van der Waals surface area contributed by atoms with E-state index in [1.165, 1.54) is 37.5 Å². The Kier molecular flexibility index (Phi) is 5.56. The molecule has 1 aliphatic rings. The molecule has 1 fully saturated rings. The van der Waals surface area contributed by atoms with Gasteiger partial charge in [-0.3, -0.25) is 4.79 Å². The minimum absolute atomic E-state index is 0.0778. The number of hydrogen-bond acceptors (Lipinski definition) is 3. The summed E-state index contributed by atoms with van der Waals surface area (Å²) in [6.07, 6.45) is 4.14. The predicted octanol–water partition coefficient (Wildman–Crippen LogP) is 2.86. The number of carbonyl (C=O) groups excluding carboxylic acids is 1. The summed E-state index contributed by atoms with van der Waals surface area (Å²) in [6.45, 7) is 5.15. The molecule has 21 heavy (non-hydrogen) atoms. The molecule has 0 unspecified atom stereocenters. The van der Waals surface area contributed by atoms with Gasteiger partial charge in [0, 0.05) is 13.0 Å². The Morgan fingerprint density at radius 2 is 2.14 bits per heavy atom. The van der Waals surface area contributed by atoms with Gasteiger partial charge >= 0.3 is 0 Å². The first kappa shape index (κ1) is 15.8. The molecule has 1 aliphatic heterocycles. The smallest absolute Gasteiger partial charge is 0.225 e. The first-order valence-corrected chi connectivity index (χ1v) is 7.65. The van der Waals surface area contributed by atoms with Gasteiger partial charge in [-0.1, -0.05) is 13.3 Å². The molecule has 5 heteroatoms. The third-order valence-corrected chi connectivity index (χ3v) is 4.23. The van der Waals surface area contributed by atoms with Crippen molar-refractivity contribution in [3.8, 4) is 0 Å². The van der Waals surface area contributed by atoms with Crippen LogP contribution in [0.1, 0.15) is 32.6 Å². The average Bonchev–Trinajstić information content (AvgIpc) is 2.48.